The SMILES string of the molecule is Brc1ccc2[nH]ccc2c1.CC(C)(C)OC(=O)n1ccc2cc(B3OC(C)(C)C(C)(C)O3)ccc21.CC(C)(C)OC(=O)n1ccc2cc(Br)ccc21.CCN(CC)c1ccc2c(C)c(-c3ccc4[nH]ccc4c3)c(=O)oc2c1.CCN(CC)c1ccc2c(C)c(-c3ccc4c(ccn4C(=O)OC(C)(C)C)c3)c(=O)oc2c1.OB(O)c1ccc2[nH]ccc2c1. The molecule has 1 saturated heterocycles. The van der Waals surface area contributed by atoms with E-state index in [9.17, 15) is 24.0 Å². The van der Waals surface area contributed by atoms with Crippen LogP contribution in [0.2, 0.25) is 0 Å². The lowest BCUT2D eigenvalue weighted by atomic mass is 9.79. The molecule has 0 atom stereocenters. The molecule has 0 saturated carbocycles. The van der Waals surface area contributed by atoms with Crippen LogP contribution in [-0.2, 0) is 23.5 Å². The van der Waals surface area contributed by atoms with Crippen LogP contribution in [0.3, 0.4) is 0 Å². The molecule has 8 aromatic carbocycles. The Morgan fingerprint density at radius 3 is 1.21 bits per heavy atom. The minimum absolute atomic E-state index is 0.290. The van der Waals surface area contributed by atoms with Crippen LogP contribution < -0.4 is 32.0 Å². The van der Waals surface area contributed by atoms with Crippen LogP contribution in [0.5, 0.6) is 0 Å². The van der Waals surface area contributed by atoms with Gasteiger partial charge in [-0.25, -0.2) is 24.0 Å². The van der Waals surface area contributed by atoms with Crippen molar-refractivity contribution in [3.05, 3.63) is 260 Å². The second-order valence-corrected chi connectivity index (χ2v) is 35.9. The fourth-order valence-electron chi connectivity index (χ4n) is 14.5. The number of benzene rings is 8. The number of aromatic nitrogens is 6. The first-order valence-corrected chi connectivity index (χ1v) is 42.7. The van der Waals surface area contributed by atoms with Gasteiger partial charge in [0.1, 0.15) is 28.0 Å². The molecule has 0 aliphatic carbocycles. The molecule has 1 aliphatic heterocycles. The highest BCUT2D eigenvalue weighted by Gasteiger charge is 2.52. The molecule has 0 unspecified atom stereocenters. The minimum atomic E-state index is -1.38. The van der Waals surface area contributed by atoms with E-state index in [0.29, 0.717) is 27.8 Å². The number of nitrogens with one attached hydrogen (secondary N) is 3. The van der Waals surface area contributed by atoms with Gasteiger partial charge in [0.05, 0.1) is 38.9 Å². The van der Waals surface area contributed by atoms with E-state index in [1.165, 1.54) is 24.6 Å². The first kappa shape index (κ1) is 90.6. The van der Waals surface area contributed by atoms with Crippen molar-refractivity contribution in [2.45, 2.75) is 160 Å². The molecule has 9 heterocycles. The van der Waals surface area contributed by atoms with E-state index in [4.69, 9.17) is 42.4 Å². The van der Waals surface area contributed by atoms with Crippen molar-refractivity contribution in [2.24, 2.45) is 0 Å². The standard InChI is InChI=1S/C27H30N2O4.C22H22N2O2.C19H26BNO4.C13H14BrNO2.C8H8BNO2.C8H6BrN/c1-7-28(8-2)20-10-11-21-17(3)24(25(30)32-23(21)16-20)19-9-12-22-18(15-19)13-14-29(22)26(31)33-27(4,5)6;1-4-24(5-2)17-7-8-18-14(3)21(22(25)26-20(18)13-17)16-6-9-19-15(12-16)10-11-23-19;1-17(2,3)23-16(22)21-11-10-13-12-14(8-9-15(13)21)20-24-18(4,5)19(6,7)25-20;1-13(2,3)17-12(16)15-7-6-9-8-10(14)4-5-11(9)15;11-9(12)7-1-2-8-6(5-7)3-4-10-8;9-7-1-2-8-6(5-7)3-4-10-8/h9-16H,7-8H2,1-6H3;6-13,23H,4-5H2,1-3H3;8-12H,1-7H3;4-8H,1-3H3;1-5,10-12H;1-5,10H. The lowest BCUT2D eigenvalue weighted by Crippen LogP contribution is -2.41. The molecule has 5 N–H and O–H groups in total. The van der Waals surface area contributed by atoms with Crippen LogP contribution in [-0.4, -0.2) is 125 Å². The summed E-state index contributed by atoms with van der Waals surface area (Å²) in [5.74, 6) is 0. The third-order valence-electron chi connectivity index (χ3n) is 21.4. The van der Waals surface area contributed by atoms with Crippen molar-refractivity contribution in [1.82, 2.24) is 28.7 Å². The third-order valence-corrected chi connectivity index (χ3v) is 22.4. The number of hydrogen-bond acceptors (Lipinski definition) is 16. The molecule has 0 amide bonds. The highest BCUT2D eigenvalue weighted by Crippen LogP contribution is 2.38. The Labute approximate surface area is 732 Å². The molecule has 1 fully saturated rings. The Bertz CT molecular complexity index is 6640. The highest BCUT2D eigenvalue weighted by atomic mass is 79.9. The van der Waals surface area contributed by atoms with E-state index < -0.39 is 37.1 Å². The number of anilines is 2. The topological polar surface area (TPSA) is 267 Å². The van der Waals surface area contributed by atoms with Gasteiger partial charge in [-0.15, -0.1) is 0 Å². The zero-order valence-corrected chi connectivity index (χ0v) is 76.2. The summed E-state index contributed by atoms with van der Waals surface area (Å²) in [4.78, 5) is 76.4. The zero-order chi connectivity index (χ0) is 88.9. The van der Waals surface area contributed by atoms with E-state index in [1.54, 1.807) is 30.7 Å². The Balaban J connectivity index is 0.000000140. The molecule has 123 heavy (non-hydrogen) atoms. The zero-order valence-electron chi connectivity index (χ0n) is 73.1. The van der Waals surface area contributed by atoms with Crippen molar-refractivity contribution in [3.8, 4) is 22.3 Å². The Morgan fingerprint density at radius 1 is 0.439 bits per heavy atom. The molecule has 16 aromatic rings. The smallest absolute Gasteiger partial charge is 0.443 e. The quantitative estimate of drug-likeness (QED) is 0.0484. The molecule has 22 nitrogen and oxygen atoms in total. The highest BCUT2D eigenvalue weighted by molar-refractivity contribution is 9.10. The van der Waals surface area contributed by atoms with Crippen molar-refractivity contribution in [3.63, 3.8) is 0 Å². The fraction of sp³-hybridized carbons (Fsp3) is 0.289. The number of hydrogen-bond donors (Lipinski definition) is 5. The number of nitrogens with zero attached hydrogens (tertiary/aromatic N) is 5. The summed E-state index contributed by atoms with van der Waals surface area (Å²) >= 11 is 6.81. The van der Waals surface area contributed by atoms with Gasteiger partial charge in [-0.3, -0.25) is 13.7 Å². The van der Waals surface area contributed by atoms with Gasteiger partial charge >= 0.3 is 43.8 Å². The van der Waals surface area contributed by atoms with E-state index in [1.807, 2.05) is 256 Å². The van der Waals surface area contributed by atoms with E-state index >= 15 is 0 Å². The number of halogens is 2. The van der Waals surface area contributed by atoms with Crippen molar-refractivity contribution >= 4 is 174 Å². The second kappa shape index (κ2) is 37.2. The molecular weight excluding hydrogens is 1680 g/mol. The Morgan fingerprint density at radius 2 is 0.789 bits per heavy atom. The average Bonchev–Trinajstić information content (AvgIpc) is 1.71. The van der Waals surface area contributed by atoms with Crippen molar-refractivity contribution in [2.75, 3.05) is 36.0 Å². The van der Waals surface area contributed by atoms with Gasteiger partial charge in [0.25, 0.3) is 0 Å². The first-order valence-electron chi connectivity index (χ1n) is 41.1. The molecule has 26 heteroatoms. The molecule has 1 aliphatic rings. The minimum Gasteiger partial charge on any atom is -0.443 e. The van der Waals surface area contributed by atoms with Crippen molar-refractivity contribution in [1.29, 1.82) is 0 Å². The summed E-state index contributed by atoms with van der Waals surface area (Å²) in [6.45, 7) is 40.7. The van der Waals surface area contributed by atoms with E-state index in [0.717, 1.165) is 140 Å². The summed E-state index contributed by atoms with van der Waals surface area (Å²) in [6.07, 6.45) is 9.63. The molecule has 0 bridgehead atoms. The van der Waals surface area contributed by atoms with Gasteiger partial charge in [-0.1, -0.05) is 68.3 Å². The summed E-state index contributed by atoms with van der Waals surface area (Å²) < 4.78 is 46.6. The second-order valence-electron chi connectivity index (χ2n) is 34.1. The number of carbonyl (C=O) groups is 3. The van der Waals surface area contributed by atoms with Crippen LogP contribution in [0, 0.1) is 13.8 Å². The fourth-order valence-corrected chi connectivity index (χ4v) is 15.3. The lowest BCUT2D eigenvalue weighted by Gasteiger charge is -2.32. The molecule has 0 radical (unpaired) electrons. The molecule has 0 spiro atoms. The maximum Gasteiger partial charge on any atom is 0.494 e. The predicted molar refractivity (Wildman–Crippen MR) is 506 cm³/mol. The number of carbonyl (C=O) groups excluding carboxylic acids is 3. The average molecular weight is 1790 g/mol. The van der Waals surface area contributed by atoms with Crippen LogP contribution >= 0.6 is 31.9 Å². The Hall–Kier alpha value is -11.6. The monoisotopic (exact) mass is 1790 g/mol. The number of ether oxygens (including phenoxy) is 3. The van der Waals surface area contributed by atoms with Crippen LogP contribution in [0.4, 0.5) is 25.8 Å². The Kier molecular flexibility index (Phi) is 27.4. The van der Waals surface area contributed by atoms with Crippen LogP contribution in [0.25, 0.3) is 110 Å². The molecule has 638 valence electrons. The molecule has 8 aromatic heterocycles. The van der Waals surface area contributed by atoms with E-state index in [-0.39, 0.29) is 34.6 Å². The van der Waals surface area contributed by atoms with Gasteiger partial charge in [0, 0.05) is 139 Å². The van der Waals surface area contributed by atoms with Gasteiger partial charge in [-0.2, -0.15) is 0 Å². The number of H-pyrrole nitrogens is 3. The number of rotatable bonds is 10. The van der Waals surface area contributed by atoms with Gasteiger partial charge in [0.2, 0.25) is 0 Å². The van der Waals surface area contributed by atoms with Crippen LogP contribution in [0.15, 0.2) is 247 Å². The summed E-state index contributed by atoms with van der Waals surface area (Å²) in [5, 5.41) is 25.7. The van der Waals surface area contributed by atoms with Gasteiger partial charge < -0.3 is 67.2 Å². The van der Waals surface area contributed by atoms with Crippen molar-refractivity contribution < 1.29 is 56.8 Å². The predicted octanol–water partition coefficient (Wildman–Crippen LogP) is 22.1. The largest absolute Gasteiger partial charge is 0.494 e. The molecule has 17 rings (SSSR count). The van der Waals surface area contributed by atoms with Gasteiger partial charge in [0.15, 0.2) is 0 Å². The third kappa shape index (κ3) is 21.2. The maximum atomic E-state index is 13.0. The number of aryl methyl sites for hydroxylation is 2. The molecular formula is C97H106B2Br2N8O14. The maximum absolute atomic E-state index is 13.0. The summed E-state index contributed by atoms with van der Waals surface area (Å²) in [6, 6.07) is 58.3. The summed E-state index contributed by atoms with van der Waals surface area (Å²) in [7, 11) is -1.80. The normalized spacial score (nSPS) is 13.0. The van der Waals surface area contributed by atoms with Gasteiger partial charge in [-0.05, 0) is 314 Å². The first-order chi connectivity index (χ1) is 58.1. The van der Waals surface area contributed by atoms with Crippen LogP contribution in [0.1, 0.15) is 129 Å². The number of fused-ring (bicyclic) bond motifs is 8. The van der Waals surface area contributed by atoms with E-state index in [2.05, 4.69) is 121 Å². The summed E-state index contributed by atoms with van der Waals surface area (Å²) in [5.41, 5.74) is 12.0. The number of aromatic amines is 3. The lowest BCUT2D eigenvalue weighted by molar-refractivity contribution is 0.00578.